The SMILES string of the molecule is O=C(CCCCl)Nc1cc(Cl)ccc1F. The average Bonchev–Trinajstić information content (AvgIpc) is 2.20. The second kappa shape index (κ2) is 5.93. The fourth-order valence-corrected chi connectivity index (χ4v) is 1.34. The molecule has 1 rings (SSSR count). The summed E-state index contributed by atoms with van der Waals surface area (Å²) in [5.41, 5.74) is 0.0991. The summed E-state index contributed by atoms with van der Waals surface area (Å²) >= 11 is 11.1. The van der Waals surface area contributed by atoms with E-state index >= 15 is 0 Å². The van der Waals surface area contributed by atoms with E-state index in [1.54, 1.807) is 0 Å². The number of rotatable bonds is 4. The highest BCUT2D eigenvalue weighted by Crippen LogP contribution is 2.19. The van der Waals surface area contributed by atoms with Gasteiger partial charge in [-0.1, -0.05) is 11.6 Å². The van der Waals surface area contributed by atoms with E-state index < -0.39 is 5.82 Å². The molecular weight excluding hydrogens is 240 g/mol. The predicted octanol–water partition coefficient (Wildman–Crippen LogP) is 3.44. The van der Waals surface area contributed by atoms with Gasteiger partial charge in [0, 0.05) is 17.3 Å². The summed E-state index contributed by atoms with van der Waals surface area (Å²) in [4.78, 5) is 11.3. The molecule has 0 atom stereocenters. The van der Waals surface area contributed by atoms with E-state index in [-0.39, 0.29) is 18.0 Å². The van der Waals surface area contributed by atoms with Crippen LogP contribution in [0.4, 0.5) is 10.1 Å². The Kier molecular flexibility index (Phi) is 4.85. The van der Waals surface area contributed by atoms with E-state index in [4.69, 9.17) is 23.2 Å². The number of halogens is 3. The molecule has 0 aliphatic carbocycles. The number of amides is 1. The summed E-state index contributed by atoms with van der Waals surface area (Å²) < 4.78 is 13.2. The zero-order valence-corrected chi connectivity index (χ0v) is 9.41. The number of carbonyl (C=O) groups excluding carboxylic acids is 1. The minimum atomic E-state index is -0.501. The summed E-state index contributed by atoms with van der Waals surface area (Å²) in [5.74, 6) is -0.360. The summed E-state index contributed by atoms with van der Waals surface area (Å²) in [6, 6.07) is 4.00. The quantitative estimate of drug-likeness (QED) is 0.815. The molecule has 0 saturated carbocycles. The molecule has 1 amide bonds. The van der Waals surface area contributed by atoms with E-state index in [0.29, 0.717) is 17.3 Å². The third-order valence-corrected chi connectivity index (χ3v) is 2.24. The van der Waals surface area contributed by atoms with Gasteiger partial charge in [0.05, 0.1) is 5.69 Å². The van der Waals surface area contributed by atoms with Crippen molar-refractivity contribution in [2.75, 3.05) is 11.2 Å². The van der Waals surface area contributed by atoms with Gasteiger partial charge in [0.15, 0.2) is 0 Å². The molecule has 0 spiro atoms. The third kappa shape index (κ3) is 4.06. The molecule has 82 valence electrons. The van der Waals surface area contributed by atoms with Crippen molar-refractivity contribution in [1.29, 1.82) is 0 Å². The summed E-state index contributed by atoms with van der Waals surface area (Å²) in [6.45, 7) is 0. The maximum atomic E-state index is 13.2. The van der Waals surface area contributed by atoms with Gasteiger partial charge in [-0.15, -0.1) is 11.6 Å². The van der Waals surface area contributed by atoms with Gasteiger partial charge in [0.1, 0.15) is 5.82 Å². The van der Waals surface area contributed by atoms with Crippen molar-refractivity contribution in [3.05, 3.63) is 29.0 Å². The molecule has 0 unspecified atom stereocenters. The topological polar surface area (TPSA) is 29.1 Å². The predicted molar refractivity (Wildman–Crippen MR) is 60.0 cm³/mol. The van der Waals surface area contributed by atoms with Gasteiger partial charge in [-0.2, -0.15) is 0 Å². The Hall–Kier alpha value is -0.800. The summed E-state index contributed by atoms with van der Waals surface area (Å²) in [5, 5.41) is 2.81. The fraction of sp³-hybridized carbons (Fsp3) is 0.300. The van der Waals surface area contributed by atoms with Gasteiger partial charge in [0.2, 0.25) is 5.91 Å². The summed E-state index contributed by atoms with van der Waals surface area (Å²) in [6.07, 6.45) is 0.838. The Morgan fingerprint density at radius 2 is 2.20 bits per heavy atom. The molecule has 0 bridgehead atoms. The molecule has 15 heavy (non-hydrogen) atoms. The van der Waals surface area contributed by atoms with E-state index in [1.165, 1.54) is 18.2 Å². The Morgan fingerprint density at radius 3 is 2.87 bits per heavy atom. The lowest BCUT2D eigenvalue weighted by Crippen LogP contribution is -2.12. The molecule has 0 radical (unpaired) electrons. The molecule has 1 aromatic carbocycles. The molecule has 1 N–H and O–H groups in total. The van der Waals surface area contributed by atoms with E-state index in [9.17, 15) is 9.18 Å². The van der Waals surface area contributed by atoms with Crippen molar-refractivity contribution in [2.24, 2.45) is 0 Å². The second-order valence-electron chi connectivity index (χ2n) is 2.96. The van der Waals surface area contributed by atoms with Crippen LogP contribution >= 0.6 is 23.2 Å². The smallest absolute Gasteiger partial charge is 0.224 e. The minimum absolute atomic E-state index is 0.0991. The lowest BCUT2D eigenvalue weighted by Gasteiger charge is -2.05. The van der Waals surface area contributed by atoms with Crippen LogP contribution in [0.25, 0.3) is 0 Å². The van der Waals surface area contributed by atoms with Crippen molar-refractivity contribution >= 4 is 34.8 Å². The number of alkyl halides is 1. The molecule has 2 nitrogen and oxygen atoms in total. The number of carbonyl (C=O) groups is 1. The standard InChI is InChI=1S/C10H10Cl2FNO/c11-5-1-2-10(15)14-9-6-7(12)3-4-8(9)13/h3-4,6H,1-2,5H2,(H,14,15). The first-order chi connectivity index (χ1) is 7.13. The zero-order valence-electron chi connectivity index (χ0n) is 7.90. The van der Waals surface area contributed by atoms with Crippen LogP contribution in [-0.2, 0) is 4.79 Å². The largest absolute Gasteiger partial charge is 0.324 e. The Balaban J connectivity index is 2.63. The van der Waals surface area contributed by atoms with Crippen LogP contribution in [0.1, 0.15) is 12.8 Å². The fourth-order valence-electron chi connectivity index (χ4n) is 1.03. The number of hydrogen-bond acceptors (Lipinski definition) is 1. The number of hydrogen-bond donors (Lipinski definition) is 1. The molecule has 0 aliphatic rings. The molecule has 0 aliphatic heterocycles. The highest BCUT2D eigenvalue weighted by Gasteiger charge is 2.06. The van der Waals surface area contributed by atoms with Crippen LogP contribution in [0.15, 0.2) is 18.2 Å². The molecule has 0 aromatic heterocycles. The highest BCUT2D eigenvalue weighted by atomic mass is 35.5. The Morgan fingerprint density at radius 1 is 1.47 bits per heavy atom. The number of nitrogens with one attached hydrogen (secondary N) is 1. The molecule has 0 fully saturated rings. The Bertz CT molecular complexity index is 357. The first-order valence-electron chi connectivity index (χ1n) is 4.44. The summed E-state index contributed by atoms with van der Waals surface area (Å²) in [7, 11) is 0. The van der Waals surface area contributed by atoms with Gasteiger partial charge >= 0.3 is 0 Å². The van der Waals surface area contributed by atoms with Gasteiger partial charge < -0.3 is 5.32 Å². The maximum absolute atomic E-state index is 13.2. The van der Waals surface area contributed by atoms with Gasteiger partial charge in [-0.3, -0.25) is 4.79 Å². The van der Waals surface area contributed by atoms with Crippen LogP contribution in [0.3, 0.4) is 0 Å². The van der Waals surface area contributed by atoms with Crippen LogP contribution in [0, 0.1) is 5.82 Å². The average molecular weight is 250 g/mol. The molecule has 5 heteroatoms. The van der Waals surface area contributed by atoms with E-state index in [1.807, 2.05) is 0 Å². The maximum Gasteiger partial charge on any atom is 0.224 e. The lowest BCUT2D eigenvalue weighted by atomic mass is 10.2. The first-order valence-corrected chi connectivity index (χ1v) is 5.35. The molecule has 1 aromatic rings. The normalized spacial score (nSPS) is 10.1. The monoisotopic (exact) mass is 249 g/mol. The van der Waals surface area contributed by atoms with Crippen LogP contribution in [0.2, 0.25) is 5.02 Å². The first kappa shape index (κ1) is 12.3. The molecule has 0 saturated heterocycles. The minimum Gasteiger partial charge on any atom is -0.324 e. The number of benzene rings is 1. The Labute approximate surface area is 97.4 Å². The van der Waals surface area contributed by atoms with Crippen molar-refractivity contribution < 1.29 is 9.18 Å². The molecular formula is C10H10Cl2FNO. The van der Waals surface area contributed by atoms with E-state index in [2.05, 4.69) is 5.32 Å². The van der Waals surface area contributed by atoms with Crippen molar-refractivity contribution in [1.82, 2.24) is 0 Å². The highest BCUT2D eigenvalue weighted by molar-refractivity contribution is 6.30. The number of anilines is 1. The van der Waals surface area contributed by atoms with Crippen molar-refractivity contribution in [3.63, 3.8) is 0 Å². The van der Waals surface area contributed by atoms with Crippen molar-refractivity contribution in [2.45, 2.75) is 12.8 Å². The zero-order chi connectivity index (χ0) is 11.3. The third-order valence-electron chi connectivity index (χ3n) is 1.74. The van der Waals surface area contributed by atoms with Crippen LogP contribution in [-0.4, -0.2) is 11.8 Å². The van der Waals surface area contributed by atoms with Crippen LogP contribution in [0.5, 0.6) is 0 Å². The van der Waals surface area contributed by atoms with Gasteiger partial charge in [-0.25, -0.2) is 4.39 Å². The van der Waals surface area contributed by atoms with Gasteiger partial charge in [-0.05, 0) is 24.6 Å². The lowest BCUT2D eigenvalue weighted by molar-refractivity contribution is -0.116. The van der Waals surface area contributed by atoms with Crippen LogP contribution < -0.4 is 5.32 Å². The van der Waals surface area contributed by atoms with E-state index in [0.717, 1.165) is 0 Å². The second-order valence-corrected chi connectivity index (χ2v) is 3.78. The van der Waals surface area contributed by atoms with Crippen molar-refractivity contribution in [3.8, 4) is 0 Å². The molecule has 0 heterocycles. The van der Waals surface area contributed by atoms with Gasteiger partial charge in [0.25, 0.3) is 0 Å².